The molecule has 1 aromatic carbocycles. The van der Waals surface area contributed by atoms with Crippen LogP contribution in [0.5, 0.6) is 0 Å². The van der Waals surface area contributed by atoms with Crippen molar-refractivity contribution in [3.8, 4) is 0 Å². The number of hydrogen-bond donors (Lipinski definition) is 0. The lowest BCUT2D eigenvalue weighted by molar-refractivity contribution is -0.309. The van der Waals surface area contributed by atoms with Crippen molar-refractivity contribution >= 4 is 17.6 Å². The number of carboxylic acid groups (broad SMARTS) is 1. The van der Waals surface area contributed by atoms with Crippen LogP contribution in [0.3, 0.4) is 0 Å². The van der Waals surface area contributed by atoms with Crippen molar-refractivity contribution in [2.45, 2.75) is 45.1 Å². The van der Waals surface area contributed by atoms with Crippen LogP contribution in [0.15, 0.2) is 24.3 Å². The Balaban J connectivity index is 2.28. The maximum atomic E-state index is 11.2. The van der Waals surface area contributed by atoms with E-state index in [0.717, 1.165) is 12.0 Å². The van der Waals surface area contributed by atoms with E-state index in [1.165, 1.54) is 0 Å². The standard InChI is InChI=1S/C16H21ClO3/c1-15(2)11-16(7-8-20-15,10-14(18)19)9-12-5-3-4-6-13(12)17/h3-6H,7-11H2,1-2H3,(H,18,19)/p-1/t16-/m0/s1. The zero-order valence-electron chi connectivity index (χ0n) is 11.9. The molecule has 4 heteroatoms. The molecule has 1 atom stereocenters. The zero-order chi connectivity index (χ0) is 14.8. The molecular weight excluding hydrogens is 276 g/mol. The van der Waals surface area contributed by atoms with Crippen molar-refractivity contribution < 1.29 is 14.6 Å². The van der Waals surface area contributed by atoms with E-state index in [2.05, 4.69) is 0 Å². The van der Waals surface area contributed by atoms with Gasteiger partial charge in [-0.1, -0.05) is 29.8 Å². The van der Waals surface area contributed by atoms with E-state index < -0.39 is 5.97 Å². The van der Waals surface area contributed by atoms with E-state index in [9.17, 15) is 9.90 Å². The summed E-state index contributed by atoms with van der Waals surface area (Å²) in [5.41, 5.74) is 0.341. The molecule has 0 radical (unpaired) electrons. The molecule has 1 saturated heterocycles. The number of carbonyl (C=O) groups is 1. The van der Waals surface area contributed by atoms with Gasteiger partial charge in [-0.3, -0.25) is 0 Å². The van der Waals surface area contributed by atoms with Crippen LogP contribution in [-0.2, 0) is 16.0 Å². The van der Waals surface area contributed by atoms with Gasteiger partial charge in [-0.05, 0) is 56.6 Å². The lowest BCUT2D eigenvalue weighted by atomic mass is 9.68. The van der Waals surface area contributed by atoms with Gasteiger partial charge in [0.1, 0.15) is 0 Å². The number of hydrogen-bond acceptors (Lipinski definition) is 3. The molecule has 1 aromatic rings. The first kappa shape index (κ1) is 15.3. The van der Waals surface area contributed by atoms with Gasteiger partial charge in [0.2, 0.25) is 0 Å². The second-order valence-electron chi connectivity index (χ2n) is 6.35. The summed E-state index contributed by atoms with van der Waals surface area (Å²) in [4.78, 5) is 11.2. The zero-order valence-corrected chi connectivity index (χ0v) is 12.7. The molecule has 1 fully saturated rings. The smallest absolute Gasteiger partial charge is 0.0632 e. The van der Waals surface area contributed by atoms with E-state index in [4.69, 9.17) is 16.3 Å². The van der Waals surface area contributed by atoms with E-state index >= 15 is 0 Å². The number of carboxylic acids is 1. The molecule has 20 heavy (non-hydrogen) atoms. The summed E-state index contributed by atoms with van der Waals surface area (Å²) in [5.74, 6) is -1.00. The van der Waals surface area contributed by atoms with E-state index in [1.54, 1.807) is 0 Å². The third-order valence-electron chi connectivity index (χ3n) is 3.97. The molecule has 110 valence electrons. The van der Waals surface area contributed by atoms with Crippen LogP contribution in [0.4, 0.5) is 0 Å². The molecule has 0 bridgehead atoms. The molecular formula is C16H20ClO3-. The Kier molecular flexibility index (Phi) is 4.40. The first-order valence-electron chi connectivity index (χ1n) is 6.89. The molecule has 1 aliphatic heterocycles. The molecule has 2 rings (SSSR count). The third-order valence-corrected chi connectivity index (χ3v) is 4.34. The third kappa shape index (κ3) is 3.74. The van der Waals surface area contributed by atoms with Gasteiger partial charge in [-0.2, -0.15) is 0 Å². The van der Waals surface area contributed by atoms with Crippen molar-refractivity contribution in [2.24, 2.45) is 5.41 Å². The molecule has 0 unspecified atom stereocenters. The first-order chi connectivity index (χ1) is 9.32. The number of benzene rings is 1. The Morgan fingerprint density at radius 3 is 2.70 bits per heavy atom. The SMILES string of the molecule is CC1(C)C[C@](CC(=O)[O-])(Cc2ccccc2Cl)CCO1. The molecule has 0 amide bonds. The van der Waals surface area contributed by atoms with Gasteiger partial charge in [0.15, 0.2) is 0 Å². The monoisotopic (exact) mass is 295 g/mol. The number of ether oxygens (including phenoxy) is 1. The molecule has 0 spiro atoms. The minimum Gasteiger partial charge on any atom is -0.550 e. The van der Waals surface area contributed by atoms with Crippen LogP contribution in [-0.4, -0.2) is 18.2 Å². The van der Waals surface area contributed by atoms with Gasteiger partial charge in [0, 0.05) is 17.6 Å². The predicted molar refractivity (Wildman–Crippen MR) is 76.5 cm³/mol. The quantitative estimate of drug-likeness (QED) is 0.858. The Bertz CT molecular complexity index is 498. The summed E-state index contributed by atoms with van der Waals surface area (Å²) in [5, 5.41) is 11.9. The molecule has 1 heterocycles. The maximum absolute atomic E-state index is 11.2. The van der Waals surface area contributed by atoms with Crippen LogP contribution in [0, 0.1) is 5.41 Å². The van der Waals surface area contributed by atoms with E-state index in [0.29, 0.717) is 24.5 Å². The van der Waals surface area contributed by atoms with E-state index in [-0.39, 0.29) is 17.4 Å². The number of carbonyl (C=O) groups excluding carboxylic acids is 1. The van der Waals surface area contributed by atoms with Crippen LogP contribution in [0.2, 0.25) is 5.02 Å². The lowest BCUT2D eigenvalue weighted by Crippen LogP contribution is -2.45. The van der Waals surface area contributed by atoms with Gasteiger partial charge in [0.25, 0.3) is 0 Å². The summed E-state index contributed by atoms with van der Waals surface area (Å²) in [7, 11) is 0. The highest BCUT2D eigenvalue weighted by molar-refractivity contribution is 6.31. The average molecular weight is 296 g/mol. The highest BCUT2D eigenvalue weighted by atomic mass is 35.5. The lowest BCUT2D eigenvalue weighted by Gasteiger charge is -2.45. The minimum absolute atomic E-state index is 0.0466. The summed E-state index contributed by atoms with van der Waals surface area (Å²) < 4.78 is 5.72. The Morgan fingerprint density at radius 1 is 1.40 bits per heavy atom. The predicted octanol–water partition coefficient (Wildman–Crippen LogP) is 2.60. The van der Waals surface area contributed by atoms with Crippen molar-refractivity contribution in [3.63, 3.8) is 0 Å². The van der Waals surface area contributed by atoms with Gasteiger partial charge >= 0.3 is 0 Å². The van der Waals surface area contributed by atoms with Crippen molar-refractivity contribution in [1.29, 1.82) is 0 Å². The number of rotatable bonds is 4. The number of halogens is 1. The molecule has 0 saturated carbocycles. The van der Waals surface area contributed by atoms with Gasteiger partial charge in [-0.25, -0.2) is 0 Å². The van der Waals surface area contributed by atoms with Crippen molar-refractivity contribution in [2.75, 3.05) is 6.61 Å². The Labute approximate surface area is 124 Å². The van der Waals surface area contributed by atoms with Crippen LogP contribution in [0.1, 0.15) is 38.7 Å². The maximum Gasteiger partial charge on any atom is 0.0632 e. The molecule has 1 aliphatic rings. The van der Waals surface area contributed by atoms with Crippen LogP contribution in [0.25, 0.3) is 0 Å². The highest BCUT2D eigenvalue weighted by Gasteiger charge is 2.41. The van der Waals surface area contributed by atoms with Gasteiger partial charge in [-0.15, -0.1) is 0 Å². The summed E-state index contributed by atoms with van der Waals surface area (Å²) >= 11 is 6.22. The van der Waals surface area contributed by atoms with Gasteiger partial charge in [0.05, 0.1) is 5.60 Å². The second-order valence-corrected chi connectivity index (χ2v) is 6.76. The molecule has 0 aromatic heterocycles. The first-order valence-corrected chi connectivity index (χ1v) is 7.27. The van der Waals surface area contributed by atoms with Gasteiger partial charge < -0.3 is 14.6 Å². The van der Waals surface area contributed by atoms with Crippen LogP contribution < -0.4 is 5.11 Å². The van der Waals surface area contributed by atoms with Crippen molar-refractivity contribution in [3.05, 3.63) is 34.9 Å². The summed E-state index contributed by atoms with van der Waals surface area (Å²) in [6.07, 6.45) is 2.10. The minimum atomic E-state index is -1.00. The Morgan fingerprint density at radius 2 is 2.10 bits per heavy atom. The normalized spacial score (nSPS) is 25.4. The fourth-order valence-electron chi connectivity index (χ4n) is 3.30. The van der Waals surface area contributed by atoms with E-state index in [1.807, 2.05) is 38.1 Å². The second kappa shape index (κ2) is 5.74. The number of aliphatic carboxylic acids is 1. The topological polar surface area (TPSA) is 49.4 Å². The summed E-state index contributed by atoms with van der Waals surface area (Å²) in [6.45, 7) is 4.58. The fraction of sp³-hybridized carbons (Fsp3) is 0.562. The highest BCUT2D eigenvalue weighted by Crippen LogP contribution is 2.44. The molecule has 0 aliphatic carbocycles. The largest absolute Gasteiger partial charge is 0.550 e. The summed E-state index contributed by atoms with van der Waals surface area (Å²) in [6, 6.07) is 7.61. The van der Waals surface area contributed by atoms with Crippen LogP contribution >= 0.6 is 11.6 Å². The molecule has 0 N–H and O–H groups in total. The van der Waals surface area contributed by atoms with Crippen molar-refractivity contribution in [1.82, 2.24) is 0 Å². The Hall–Kier alpha value is -1.06. The average Bonchev–Trinajstić information content (AvgIpc) is 2.29. The fourth-order valence-corrected chi connectivity index (χ4v) is 3.51. The molecule has 3 nitrogen and oxygen atoms in total.